The Kier molecular flexibility index (Phi) is 8.95. The van der Waals surface area contributed by atoms with Crippen molar-refractivity contribution in [2.24, 2.45) is 5.41 Å². The van der Waals surface area contributed by atoms with Crippen LogP contribution in [0.3, 0.4) is 0 Å². The van der Waals surface area contributed by atoms with Crippen molar-refractivity contribution in [3.05, 3.63) is 68.5 Å². The van der Waals surface area contributed by atoms with Gasteiger partial charge in [0.05, 0.1) is 21.4 Å². The number of likely N-dealkylation sites (tertiary alicyclic amines) is 1. The molecule has 6 rings (SSSR count). The zero-order chi connectivity index (χ0) is 30.7. The van der Waals surface area contributed by atoms with E-state index in [1.807, 2.05) is 52.8 Å². The van der Waals surface area contributed by atoms with Crippen molar-refractivity contribution in [1.29, 1.82) is 0 Å². The van der Waals surface area contributed by atoms with E-state index in [0.29, 0.717) is 40.3 Å². The number of carboxylic acids is 1. The lowest BCUT2D eigenvalue weighted by Gasteiger charge is -2.53. The molecule has 232 valence electrons. The van der Waals surface area contributed by atoms with Gasteiger partial charge in [0.15, 0.2) is 0 Å². The van der Waals surface area contributed by atoms with Crippen LogP contribution >= 0.6 is 22.7 Å². The molecule has 0 radical (unpaired) electrons. The summed E-state index contributed by atoms with van der Waals surface area (Å²) in [5.74, 6) is -0.831. The quantitative estimate of drug-likeness (QED) is 0.206. The maximum Gasteiger partial charge on any atom is 0.347 e. The fourth-order valence-corrected chi connectivity index (χ4v) is 8.42. The molecule has 4 heterocycles. The number of rotatable bonds is 13. The summed E-state index contributed by atoms with van der Waals surface area (Å²) >= 11 is 2.84. The number of hydrogen-bond acceptors (Lipinski definition) is 9. The summed E-state index contributed by atoms with van der Waals surface area (Å²) in [5.41, 5.74) is 0.884. The first-order chi connectivity index (χ1) is 21.3. The van der Waals surface area contributed by atoms with Gasteiger partial charge in [-0.1, -0.05) is 17.3 Å². The average molecular weight is 636 g/mol. The number of aryl methyl sites for hydroxylation is 1. The molecule has 2 fully saturated rings. The van der Waals surface area contributed by atoms with Crippen LogP contribution in [-0.2, 0) is 26.5 Å². The lowest BCUT2D eigenvalue weighted by Crippen LogP contribution is -2.53. The van der Waals surface area contributed by atoms with Gasteiger partial charge in [0.25, 0.3) is 0 Å². The highest BCUT2D eigenvalue weighted by molar-refractivity contribution is 7.12. The summed E-state index contributed by atoms with van der Waals surface area (Å²) in [7, 11) is 1.85. The van der Waals surface area contributed by atoms with Crippen molar-refractivity contribution >= 4 is 51.9 Å². The molecule has 1 saturated carbocycles. The van der Waals surface area contributed by atoms with E-state index in [4.69, 9.17) is 4.74 Å². The largest absolute Gasteiger partial charge is 0.479 e. The van der Waals surface area contributed by atoms with E-state index in [1.165, 1.54) is 22.7 Å². The highest BCUT2D eigenvalue weighted by Gasteiger charge is 2.53. The van der Waals surface area contributed by atoms with Crippen LogP contribution < -0.4 is 0 Å². The van der Waals surface area contributed by atoms with Gasteiger partial charge in [-0.3, -0.25) is 9.59 Å². The summed E-state index contributed by atoms with van der Waals surface area (Å²) in [5, 5.41) is 22.5. The molecule has 1 N–H and O–H groups in total. The van der Waals surface area contributed by atoms with E-state index in [-0.39, 0.29) is 17.4 Å². The SMILES string of the molecule is CN(CCCn1nnc2cc(C=O)ccc21)C(=O)CCN1CCC2(CC1)CC(OC(C(=O)O)(c1cccs1)c1cccs1)C2. The van der Waals surface area contributed by atoms with Crippen LogP contribution in [0.15, 0.2) is 53.2 Å². The molecule has 1 aromatic carbocycles. The molecule has 1 aliphatic heterocycles. The van der Waals surface area contributed by atoms with Crippen LogP contribution in [0.1, 0.15) is 58.6 Å². The van der Waals surface area contributed by atoms with Gasteiger partial charge >= 0.3 is 5.97 Å². The zero-order valence-corrected chi connectivity index (χ0v) is 26.4. The lowest BCUT2D eigenvalue weighted by atomic mass is 9.61. The van der Waals surface area contributed by atoms with Crippen LogP contribution in [0.5, 0.6) is 0 Å². The standard InChI is InChI=1S/C32H37N5O5S2/c1-35(12-4-13-37-26-8-7-23(22-38)19-25(26)33-34-37)29(39)9-14-36-15-10-31(11-16-36)20-24(21-31)42-32(30(40)41,27-5-2-17-43-27)28-6-3-18-44-28/h2-3,5-8,17-19,22,24H,4,9-16,20-21H2,1H3,(H,40,41). The number of ether oxygens (including phenoxy) is 1. The zero-order valence-electron chi connectivity index (χ0n) is 24.8. The average Bonchev–Trinajstić information content (AvgIpc) is 3.81. The van der Waals surface area contributed by atoms with Gasteiger partial charge in [0.1, 0.15) is 11.8 Å². The van der Waals surface area contributed by atoms with E-state index >= 15 is 0 Å². The monoisotopic (exact) mass is 635 g/mol. The topological polar surface area (TPSA) is 118 Å². The molecule has 10 nitrogen and oxygen atoms in total. The predicted molar refractivity (Wildman–Crippen MR) is 169 cm³/mol. The third-order valence-corrected chi connectivity index (χ3v) is 11.2. The minimum atomic E-state index is -1.45. The Morgan fingerprint density at radius 1 is 1.11 bits per heavy atom. The number of piperidine rings is 1. The van der Waals surface area contributed by atoms with Crippen LogP contribution in [0.25, 0.3) is 11.0 Å². The molecule has 4 aromatic rings. The first-order valence-electron chi connectivity index (χ1n) is 15.1. The molecular formula is C32H37N5O5S2. The second-order valence-electron chi connectivity index (χ2n) is 12.0. The van der Waals surface area contributed by atoms with Crippen LogP contribution in [0.2, 0.25) is 0 Å². The number of fused-ring (bicyclic) bond motifs is 1. The van der Waals surface area contributed by atoms with Gasteiger partial charge in [-0.2, -0.15) is 0 Å². The minimum absolute atomic E-state index is 0.0959. The molecule has 1 amide bonds. The van der Waals surface area contributed by atoms with Gasteiger partial charge < -0.3 is 19.6 Å². The maximum atomic E-state index is 12.9. The number of aliphatic carboxylic acids is 1. The second-order valence-corrected chi connectivity index (χ2v) is 13.9. The minimum Gasteiger partial charge on any atom is -0.479 e. The smallest absolute Gasteiger partial charge is 0.347 e. The molecular weight excluding hydrogens is 599 g/mol. The summed E-state index contributed by atoms with van der Waals surface area (Å²) in [4.78, 5) is 42.1. The third-order valence-electron chi connectivity index (χ3n) is 9.22. The van der Waals surface area contributed by atoms with Crippen molar-refractivity contribution < 1.29 is 24.2 Å². The van der Waals surface area contributed by atoms with E-state index in [1.54, 1.807) is 17.0 Å². The van der Waals surface area contributed by atoms with Crippen LogP contribution in [0, 0.1) is 5.41 Å². The maximum absolute atomic E-state index is 12.9. The number of benzene rings is 1. The molecule has 3 aromatic heterocycles. The number of carbonyl (C=O) groups excluding carboxylic acids is 2. The number of thiophene rings is 2. The lowest BCUT2D eigenvalue weighted by molar-refractivity contribution is -0.190. The first-order valence-corrected chi connectivity index (χ1v) is 16.8. The van der Waals surface area contributed by atoms with Crippen molar-refractivity contribution in [2.45, 2.75) is 56.8 Å². The molecule has 44 heavy (non-hydrogen) atoms. The number of aldehydes is 1. The Labute approximate surface area is 264 Å². The number of carboxylic acid groups (broad SMARTS) is 1. The molecule has 0 unspecified atom stereocenters. The predicted octanol–water partition coefficient (Wildman–Crippen LogP) is 4.90. The van der Waals surface area contributed by atoms with Gasteiger partial charge in [0.2, 0.25) is 11.5 Å². The number of aromatic nitrogens is 3. The van der Waals surface area contributed by atoms with E-state index in [2.05, 4.69) is 15.2 Å². The van der Waals surface area contributed by atoms with E-state index in [9.17, 15) is 19.5 Å². The molecule has 0 bridgehead atoms. The summed E-state index contributed by atoms with van der Waals surface area (Å²) in [6, 6.07) is 12.8. The van der Waals surface area contributed by atoms with Gasteiger partial charge in [-0.25, -0.2) is 9.48 Å². The molecule has 2 aliphatic rings. The highest BCUT2D eigenvalue weighted by Crippen LogP contribution is 2.53. The summed E-state index contributed by atoms with van der Waals surface area (Å²) < 4.78 is 8.32. The van der Waals surface area contributed by atoms with Crippen molar-refractivity contribution in [2.75, 3.05) is 33.2 Å². The Morgan fingerprint density at radius 2 is 1.82 bits per heavy atom. The van der Waals surface area contributed by atoms with Crippen molar-refractivity contribution in [3.63, 3.8) is 0 Å². The van der Waals surface area contributed by atoms with Gasteiger partial charge in [0, 0.05) is 38.7 Å². The fourth-order valence-electron chi connectivity index (χ4n) is 6.61. The second kappa shape index (κ2) is 12.9. The Balaban J connectivity index is 0.936. The van der Waals surface area contributed by atoms with E-state index in [0.717, 1.165) is 63.5 Å². The number of hydrogen-bond donors (Lipinski definition) is 1. The number of amides is 1. The fraction of sp³-hybridized carbons (Fsp3) is 0.469. The molecule has 12 heteroatoms. The van der Waals surface area contributed by atoms with Crippen molar-refractivity contribution in [3.8, 4) is 0 Å². The molecule has 1 aliphatic carbocycles. The Morgan fingerprint density at radius 3 is 2.43 bits per heavy atom. The summed E-state index contributed by atoms with van der Waals surface area (Å²) in [6.07, 6.45) is 5.76. The normalized spacial score (nSPS) is 17.1. The molecule has 0 atom stereocenters. The van der Waals surface area contributed by atoms with Gasteiger partial charge in [-0.05, 0) is 91.7 Å². The van der Waals surface area contributed by atoms with E-state index < -0.39 is 11.6 Å². The molecule has 1 spiro atoms. The van der Waals surface area contributed by atoms with Crippen LogP contribution in [0.4, 0.5) is 0 Å². The number of carbonyl (C=O) groups is 3. The highest BCUT2D eigenvalue weighted by atomic mass is 32.1. The summed E-state index contributed by atoms with van der Waals surface area (Å²) in [6.45, 7) is 3.89. The first kappa shape index (κ1) is 30.6. The van der Waals surface area contributed by atoms with Crippen LogP contribution in [-0.4, -0.2) is 87.4 Å². The Hall–Kier alpha value is -3.45. The number of nitrogens with zero attached hydrogens (tertiary/aromatic N) is 5. The van der Waals surface area contributed by atoms with Crippen molar-refractivity contribution in [1.82, 2.24) is 24.8 Å². The van der Waals surface area contributed by atoms with Gasteiger partial charge in [-0.15, -0.1) is 27.8 Å². The third kappa shape index (κ3) is 6.08. The molecule has 1 saturated heterocycles. The Bertz CT molecular complexity index is 1550.